The Balaban J connectivity index is 1.66. The van der Waals surface area contributed by atoms with Crippen molar-refractivity contribution in [2.45, 2.75) is 32.9 Å². The molecule has 0 radical (unpaired) electrons. The van der Waals surface area contributed by atoms with Crippen LogP contribution in [0.5, 0.6) is 0 Å². The van der Waals surface area contributed by atoms with Gasteiger partial charge in [0, 0.05) is 6.07 Å². The molecule has 3 amide bonds. The van der Waals surface area contributed by atoms with Crippen molar-refractivity contribution >= 4 is 17.9 Å². The average molecular weight is 357 g/mol. The van der Waals surface area contributed by atoms with Crippen LogP contribution in [0.1, 0.15) is 29.5 Å². The van der Waals surface area contributed by atoms with E-state index >= 15 is 0 Å². The van der Waals surface area contributed by atoms with Crippen molar-refractivity contribution in [3.8, 4) is 0 Å². The van der Waals surface area contributed by atoms with Gasteiger partial charge in [-0.2, -0.15) is 0 Å². The quantitative estimate of drug-likeness (QED) is 0.647. The van der Waals surface area contributed by atoms with E-state index in [1.165, 1.54) is 0 Å². The number of carbonyl (C=O) groups excluding carboxylic acids is 3. The van der Waals surface area contributed by atoms with Gasteiger partial charge in [-0.25, -0.2) is 4.79 Å². The number of aryl methyl sites for hydroxylation is 2. The molecular weight excluding hydrogens is 338 g/mol. The Bertz CT molecular complexity index is 858. The number of carbonyl (C=O) groups is 3. The third kappa shape index (κ3) is 3.30. The third-order valence-electron chi connectivity index (χ3n) is 4.25. The third-order valence-corrected chi connectivity index (χ3v) is 4.25. The summed E-state index contributed by atoms with van der Waals surface area (Å²) >= 11 is 0. The monoisotopic (exact) mass is 357 g/mol. The second kappa shape index (κ2) is 6.62. The number of rotatable bonds is 5. The molecule has 1 aliphatic rings. The summed E-state index contributed by atoms with van der Waals surface area (Å²) in [5.74, 6) is -0.609. The van der Waals surface area contributed by atoms with Crippen molar-refractivity contribution in [2.24, 2.45) is 0 Å². The zero-order valence-corrected chi connectivity index (χ0v) is 14.7. The number of imide groups is 1. The average Bonchev–Trinajstić information content (AvgIpc) is 3.11. The molecule has 2 heterocycles. The zero-order chi connectivity index (χ0) is 18.9. The predicted molar refractivity (Wildman–Crippen MR) is 89.8 cm³/mol. The summed E-state index contributed by atoms with van der Waals surface area (Å²) < 4.78 is 9.93. The smallest absolute Gasteiger partial charge is 0.326 e. The molecule has 1 aromatic heterocycles. The van der Waals surface area contributed by atoms with E-state index in [2.05, 4.69) is 10.5 Å². The van der Waals surface area contributed by atoms with Crippen molar-refractivity contribution in [1.29, 1.82) is 0 Å². The molecule has 1 saturated heterocycles. The minimum Gasteiger partial charge on any atom is -0.458 e. The van der Waals surface area contributed by atoms with Gasteiger partial charge >= 0.3 is 12.0 Å². The molecule has 0 saturated carbocycles. The van der Waals surface area contributed by atoms with Crippen LogP contribution < -0.4 is 5.32 Å². The Morgan fingerprint density at radius 1 is 1.27 bits per heavy atom. The molecule has 2 aromatic rings. The molecule has 3 rings (SSSR count). The predicted octanol–water partition coefficient (Wildman–Crippen LogP) is 1.80. The number of ether oxygens (including phenoxy) is 1. The summed E-state index contributed by atoms with van der Waals surface area (Å²) in [6.45, 7) is 4.71. The van der Waals surface area contributed by atoms with Crippen molar-refractivity contribution in [3.63, 3.8) is 0 Å². The normalized spacial score (nSPS) is 19.6. The highest BCUT2D eigenvalue weighted by Gasteiger charge is 2.49. The lowest BCUT2D eigenvalue weighted by atomic mass is 9.91. The number of hydrogen-bond donors (Lipinski definition) is 1. The van der Waals surface area contributed by atoms with Gasteiger partial charge in [0.2, 0.25) is 0 Å². The maximum absolute atomic E-state index is 12.7. The fourth-order valence-electron chi connectivity index (χ4n) is 2.74. The molecule has 1 N–H and O–H groups in total. The standard InChI is InChI=1S/C18H19N3O5/c1-11-4-6-13(7-5-11)18(3)16(23)21(17(24)19-18)9-15(22)25-10-14-8-12(2)26-20-14/h4-8H,9-10H2,1-3H3,(H,19,24)/t18-/m1/s1. The van der Waals surface area contributed by atoms with Crippen LogP contribution >= 0.6 is 0 Å². The topological polar surface area (TPSA) is 102 Å². The fourth-order valence-corrected chi connectivity index (χ4v) is 2.74. The summed E-state index contributed by atoms with van der Waals surface area (Å²) in [6.07, 6.45) is 0. The van der Waals surface area contributed by atoms with Gasteiger partial charge in [0.25, 0.3) is 5.91 Å². The molecule has 26 heavy (non-hydrogen) atoms. The largest absolute Gasteiger partial charge is 0.458 e. The van der Waals surface area contributed by atoms with Gasteiger partial charge in [0.05, 0.1) is 0 Å². The van der Waals surface area contributed by atoms with Crippen molar-refractivity contribution in [1.82, 2.24) is 15.4 Å². The van der Waals surface area contributed by atoms with E-state index in [4.69, 9.17) is 9.26 Å². The molecule has 0 bridgehead atoms. The molecule has 0 spiro atoms. The second-order valence-corrected chi connectivity index (χ2v) is 6.40. The number of amides is 3. The van der Waals surface area contributed by atoms with Crippen LogP contribution in [0.3, 0.4) is 0 Å². The minimum absolute atomic E-state index is 0.0882. The molecule has 0 aliphatic carbocycles. The van der Waals surface area contributed by atoms with Crippen LogP contribution in [-0.2, 0) is 26.5 Å². The first-order valence-electron chi connectivity index (χ1n) is 8.08. The number of nitrogens with zero attached hydrogens (tertiary/aromatic N) is 2. The van der Waals surface area contributed by atoms with Gasteiger partial charge in [-0.3, -0.25) is 14.5 Å². The van der Waals surface area contributed by atoms with Crippen LogP contribution in [0.25, 0.3) is 0 Å². The van der Waals surface area contributed by atoms with Crippen LogP contribution in [0.15, 0.2) is 34.9 Å². The van der Waals surface area contributed by atoms with Crippen LogP contribution in [0, 0.1) is 13.8 Å². The Kier molecular flexibility index (Phi) is 4.50. The highest BCUT2D eigenvalue weighted by atomic mass is 16.5. The highest BCUT2D eigenvalue weighted by molar-refractivity contribution is 6.08. The summed E-state index contributed by atoms with van der Waals surface area (Å²) in [4.78, 5) is 37.8. The van der Waals surface area contributed by atoms with E-state index in [-0.39, 0.29) is 6.61 Å². The van der Waals surface area contributed by atoms with Crippen molar-refractivity contribution in [3.05, 3.63) is 52.9 Å². The number of aromatic nitrogens is 1. The second-order valence-electron chi connectivity index (χ2n) is 6.40. The Hall–Kier alpha value is -3.16. The molecule has 8 nitrogen and oxygen atoms in total. The summed E-state index contributed by atoms with van der Waals surface area (Å²) in [7, 11) is 0. The van der Waals surface area contributed by atoms with Gasteiger partial charge in [-0.05, 0) is 26.3 Å². The van der Waals surface area contributed by atoms with E-state index in [1.807, 2.05) is 19.1 Å². The molecule has 136 valence electrons. The molecule has 1 fully saturated rings. The van der Waals surface area contributed by atoms with Gasteiger partial charge in [0.1, 0.15) is 30.1 Å². The summed E-state index contributed by atoms with van der Waals surface area (Å²) in [6, 6.07) is 8.28. The minimum atomic E-state index is -1.21. The molecule has 0 unspecified atom stereocenters. The van der Waals surface area contributed by atoms with Gasteiger partial charge in [-0.1, -0.05) is 35.0 Å². The van der Waals surface area contributed by atoms with E-state index in [0.717, 1.165) is 10.5 Å². The highest BCUT2D eigenvalue weighted by Crippen LogP contribution is 2.28. The van der Waals surface area contributed by atoms with Crippen LogP contribution in [0.2, 0.25) is 0 Å². The number of benzene rings is 1. The van der Waals surface area contributed by atoms with Gasteiger partial charge in [-0.15, -0.1) is 0 Å². The van der Waals surface area contributed by atoms with E-state index in [1.54, 1.807) is 32.0 Å². The maximum Gasteiger partial charge on any atom is 0.326 e. The Morgan fingerprint density at radius 3 is 2.58 bits per heavy atom. The molecule has 1 aromatic carbocycles. The van der Waals surface area contributed by atoms with E-state index in [0.29, 0.717) is 17.0 Å². The number of urea groups is 1. The van der Waals surface area contributed by atoms with Gasteiger partial charge < -0.3 is 14.6 Å². The SMILES string of the molecule is Cc1ccc([C@@]2(C)NC(=O)N(CC(=O)OCc3cc(C)on3)C2=O)cc1. The summed E-state index contributed by atoms with van der Waals surface area (Å²) in [5, 5.41) is 6.36. The molecule has 1 atom stereocenters. The van der Waals surface area contributed by atoms with E-state index in [9.17, 15) is 14.4 Å². The van der Waals surface area contributed by atoms with Crippen LogP contribution in [-0.4, -0.2) is 34.5 Å². The van der Waals surface area contributed by atoms with Crippen molar-refractivity contribution < 1.29 is 23.6 Å². The number of esters is 1. The molecule has 1 aliphatic heterocycles. The first-order valence-corrected chi connectivity index (χ1v) is 8.08. The first kappa shape index (κ1) is 17.7. The Labute approximate surface area is 150 Å². The summed E-state index contributed by atoms with van der Waals surface area (Å²) in [5.41, 5.74) is 0.930. The fraction of sp³-hybridized carbons (Fsp3) is 0.333. The lowest BCUT2D eigenvalue weighted by Crippen LogP contribution is -2.41. The Morgan fingerprint density at radius 2 is 1.96 bits per heavy atom. The number of hydrogen-bond acceptors (Lipinski definition) is 6. The first-order chi connectivity index (χ1) is 12.3. The van der Waals surface area contributed by atoms with Crippen molar-refractivity contribution in [2.75, 3.05) is 6.54 Å². The molecular formula is C18H19N3O5. The van der Waals surface area contributed by atoms with Gasteiger partial charge in [0.15, 0.2) is 0 Å². The number of nitrogens with one attached hydrogen (secondary N) is 1. The maximum atomic E-state index is 12.7. The molecule has 8 heteroatoms. The van der Waals surface area contributed by atoms with E-state index < -0.39 is 30.0 Å². The zero-order valence-electron chi connectivity index (χ0n) is 14.7. The lowest BCUT2D eigenvalue weighted by Gasteiger charge is -2.22. The lowest BCUT2D eigenvalue weighted by molar-refractivity contribution is -0.149. The van der Waals surface area contributed by atoms with Crippen LogP contribution in [0.4, 0.5) is 4.79 Å².